The molecule has 0 atom stereocenters. The summed E-state index contributed by atoms with van der Waals surface area (Å²) in [6.07, 6.45) is -8.16. The van der Waals surface area contributed by atoms with Gasteiger partial charge in [0.15, 0.2) is 0 Å². The van der Waals surface area contributed by atoms with Gasteiger partial charge < -0.3 is 25.8 Å². The molecule has 2 aliphatic rings. The van der Waals surface area contributed by atoms with Gasteiger partial charge in [-0.3, -0.25) is 9.69 Å². The summed E-state index contributed by atoms with van der Waals surface area (Å²) in [6.45, 7) is 6.74. The van der Waals surface area contributed by atoms with E-state index in [9.17, 15) is 31.1 Å². The van der Waals surface area contributed by atoms with Gasteiger partial charge in [0, 0.05) is 19.6 Å². The van der Waals surface area contributed by atoms with Crippen LogP contribution in [0.5, 0.6) is 11.5 Å². The Morgan fingerprint density at radius 2 is 1.51 bits per heavy atom. The predicted molar refractivity (Wildman–Crippen MR) is 144 cm³/mol. The van der Waals surface area contributed by atoms with E-state index in [2.05, 4.69) is 0 Å². The highest BCUT2D eigenvalue weighted by atomic mass is 19.4. The van der Waals surface area contributed by atoms with Gasteiger partial charge in [0.25, 0.3) is 0 Å². The van der Waals surface area contributed by atoms with Gasteiger partial charge >= 0.3 is 18.3 Å². The van der Waals surface area contributed by atoms with Crippen LogP contribution >= 0.6 is 0 Å². The summed E-state index contributed by atoms with van der Waals surface area (Å²) in [5.41, 5.74) is 14.9. The van der Waals surface area contributed by atoms with Crippen LogP contribution in [-0.2, 0) is 29.7 Å². The lowest BCUT2D eigenvalue weighted by Gasteiger charge is -2.44. The summed E-state index contributed by atoms with van der Waals surface area (Å²) in [5, 5.41) is 0. The second-order valence-corrected chi connectivity index (χ2v) is 10.9. The zero-order chi connectivity index (χ0) is 30.9. The molecule has 228 valence electrons. The zero-order valence-corrected chi connectivity index (χ0v) is 23.7. The highest BCUT2D eigenvalue weighted by molar-refractivity contribution is 5.83. The Bertz CT molecular complexity index is 1260. The number of carbonyl (C=O) groups excluding carboxylic acids is 1. The normalized spacial score (nSPS) is 16.8. The lowest BCUT2D eigenvalue weighted by atomic mass is 9.82. The van der Waals surface area contributed by atoms with Crippen molar-refractivity contribution >= 4 is 17.3 Å². The maximum absolute atomic E-state index is 12.7. The summed E-state index contributed by atoms with van der Waals surface area (Å²) in [4.78, 5) is 13.8. The van der Waals surface area contributed by atoms with E-state index in [4.69, 9.17) is 20.9 Å². The highest BCUT2D eigenvalue weighted by Gasteiger charge is 2.49. The molecule has 4 rings (SSSR count). The van der Waals surface area contributed by atoms with Gasteiger partial charge in [-0.25, -0.2) is 0 Å². The van der Waals surface area contributed by atoms with E-state index in [1.165, 1.54) is 12.0 Å². The average molecular weight is 591 g/mol. The zero-order valence-electron chi connectivity index (χ0n) is 23.7. The van der Waals surface area contributed by atoms with Crippen LogP contribution in [-0.4, -0.2) is 60.9 Å². The van der Waals surface area contributed by atoms with Crippen LogP contribution in [0.4, 0.5) is 37.7 Å². The number of nitrogen functional groups attached to an aromatic ring is 2. The number of anilines is 2. The monoisotopic (exact) mass is 590 g/mol. The first-order valence-corrected chi connectivity index (χ1v) is 13.1. The fraction of sp³-hybridized carbons (Fsp3) is 0.536. The fourth-order valence-electron chi connectivity index (χ4n) is 5.17. The van der Waals surface area contributed by atoms with Gasteiger partial charge in [0.05, 0.1) is 36.7 Å². The number of halogens is 6. The molecule has 2 aliphatic heterocycles. The molecule has 7 nitrogen and oxygen atoms in total. The van der Waals surface area contributed by atoms with Crippen LogP contribution in [0.3, 0.4) is 0 Å². The van der Waals surface area contributed by atoms with E-state index in [1.807, 2.05) is 19.9 Å². The highest BCUT2D eigenvalue weighted by Crippen LogP contribution is 2.41. The Morgan fingerprint density at radius 1 is 0.927 bits per heavy atom. The van der Waals surface area contributed by atoms with Crippen molar-refractivity contribution in [3.63, 3.8) is 0 Å². The second kappa shape index (κ2) is 11.9. The maximum Gasteiger partial charge on any atom is 0.471 e. The maximum atomic E-state index is 12.7. The van der Waals surface area contributed by atoms with E-state index >= 15 is 0 Å². The number of nitrogens with zero attached hydrogens (tertiary/aromatic N) is 2. The summed E-state index contributed by atoms with van der Waals surface area (Å²) in [5.74, 6) is -0.791. The molecular formula is C28H36F6N4O3. The second-order valence-electron chi connectivity index (χ2n) is 10.9. The first-order valence-electron chi connectivity index (χ1n) is 13.1. The van der Waals surface area contributed by atoms with E-state index in [-0.39, 0.29) is 19.2 Å². The molecule has 13 heteroatoms. The molecule has 1 amide bonds. The van der Waals surface area contributed by atoms with Gasteiger partial charge in [0.1, 0.15) is 11.5 Å². The van der Waals surface area contributed by atoms with Gasteiger partial charge in [-0.15, -0.1) is 0 Å². The van der Waals surface area contributed by atoms with Crippen molar-refractivity contribution in [3.8, 4) is 11.5 Å². The molecule has 2 heterocycles. The number of hydrogen-bond acceptors (Lipinski definition) is 6. The van der Waals surface area contributed by atoms with Crippen molar-refractivity contribution in [2.24, 2.45) is 0 Å². The SMILES string of the molecule is CC(C)Oc1cc2c(cc1N)CCN(CC(F)(F)F)C2.COc1cc2c(cc1N)C(C)(C)N(C(=O)C(F)(F)F)CC2. The summed E-state index contributed by atoms with van der Waals surface area (Å²) >= 11 is 0. The smallest absolute Gasteiger partial charge is 0.471 e. The molecule has 0 fully saturated rings. The number of rotatable bonds is 4. The number of alkyl halides is 6. The molecule has 0 aliphatic carbocycles. The molecule has 0 unspecified atom stereocenters. The average Bonchev–Trinajstić information content (AvgIpc) is 2.83. The van der Waals surface area contributed by atoms with Gasteiger partial charge in [-0.05, 0) is 87.1 Å². The Labute approximate surface area is 235 Å². The minimum absolute atomic E-state index is 0.00537. The van der Waals surface area contributed by atoms with Gasteiger partial charge in [-0.1, -0.05) is 0 Å². The largest absolute Gasteiger partial charge is 0.495 e. The van der Waals surface area contributed by atoms with E-state index in [0.29, 0.717) is 47.8 Å². The van der Waals surface area contributed by atoms with Crippen molar-refractivity contribution in [2.45, 2.75) is 71.1 Å². The quantitative estimate of drug-likeness (QED) is 0.364. The van der Waals surface area contributed by atoms with Crippen molar-refractivity contribution in [1.82, 2.24) is 9.80 Å². The van der Waals surface area contributed by atoms with Gasteiger partial charge in [0.2, 0.25) is 0 Å². The number of carbonyl (C=O) groups is 1. The molecule has 2 aromatic rings. The van der Waals surface area contributed by atoms with Crippen LogP contribution in [0, 0.1) is 0 Å². The van der Waals surface area contributed by atoms with Crippen LogP contribution in [0.15, 0.2) is 24.3 Å². The van der Waals surface area contributed by atoms with Gasteiger partial charge in [-0.2, -0.15) is 26.3 Å². The number of fused-ring (bicyclic) bond motifs is 2. The van der Waals surface area contributed by atoms with Crippen LogP contribution in [0.2, 0.25) is 0 Å². The standard InChI is InChI=1S/C14H17F3N2O2.C14H19F3N2O/c1-13(2)9-7-10(18)11(21-3)6-8(9)4-5-19(13)12(20)14(15,16)17;1-9(2)20-13-6-11-7-19(8-14(15,16)17)4-3-10(11)5-12(13)18/h6-7H,4-5,18H2,1-3H3;5-6,9H,3-4,7-8,18H2,1-2H3. The number of methoxy groups -OCH3 is 1. The molecule has 0 aromatic heterocycles. The molecule has 0 saturated heterocycles. The number of benzene rings is 2. The van der Waals surface area contributed by atoms with Crippen molar-refractivity contribution < 1.29 is 40.6 Å². The number of amides is 1. The molecule has 0 bridgehead atoms. The number of ether oxygens (including phenoxy) is 2. The molecule has 41 heavy (non-hydrogen) atoms. The van der Waals surface area contributed by atoms with Crippen LogP contribution in [0.1, 0.15) is 49.9 Å². The Balaban J connectivity index is 0.000000226. The summed E-state index contributed by atoms with van der Waals surface area (Å²) in [6, 6.07) is 6.90. The minimum Gasteiger partial charge on any atom is -0.495 e. The topological polar surface area (TPSA) is 94.0 Å². The molecule has 0 saturated carbocycles. The summed E-state index contributed by atoms with van der Waals surface area (Å²) in [7, 11) is 1.48. The number of hydrogen-bond donors (Lipinski definition) is 2. The third kappa shape index (κ3) is 7.69. The van der Waals surface area contributed by atoms with E-state index < -0.39 is 30.3 Å². The predicted octanol–water partition coefficient (Wildman–Crippen LogP) is 5.44. The van der Waals surface area contributed by atoms with Crippen molar-refractivity contribution in [1.29, 1.82) is 0 Å². The minimum atomic E-state index is -4.88. The number of nitrogens with two attached hydrogens (primary N) is 2. The molecular weight excluding hydrogens is 554 g/mol. The van der Waals surface area contributed by atoms with Crippen molar-refractivity contribution in [2.75, 3.05) is 38.2 Å². The molecule has 0 spiro atoms. The first kappa shape index (κ1) is 32.2. The lowest BCUT2D eigenvalue weighted by molar-refractivity contribution is -0.191. The van der Waals surface area contributed by atoms with E-state index in [0.717, 1.165) is 21.6 Å². The third-order valence-corrected chi connectivity index (χ3v) is 7.07. The fourth-order valence-corrected chi connectivity index (χ4v) is 5.17. The van der Waals surface area contributed by atoms with Crippen LogP contribution in [0.25, 0.3) is 0 Å². The molecule has 4 N–H and O–H groups in total. The molecule has 2 aromatic carbocycles. The Kier molecular flexibility index (Phi) is 9.31. The molecule has 0 radical (unpaired) electrons. The Hall–Kier alpha value is -3.35. The lowest BCUT2D eigenvalue weighted by Crippen LogP contribution is -2.54. The van der Waals surface area contributed by atoms with Crippen molar-refractivity contribution in [3.05, 3.63) is 46.5 Å². The first-order chi connectivity index (χ1) is 18.8. The van der Waals surface area contributed by atoms with E-state index in [1.54, 1.807) is 32.0 Å². The van der Waals surface area contributed by atoms with Crippen LogP contribution < -0.4 is 20.9 Å². The Morgan fingerprint density at radius 3 is 2.07 bits per heavy atom. The third-order valence-electron chi connectivity index (χ3n) is 7.07. The summed E-state index contributed by atoms with van der Waals surface area (Å²) < 4.78 is 86.2.